The lowest BCUT2D eigenvalue weighted by Crippen LogP contribution is -2.37. The summed E-state index contributed by atoms with van der Waals surface area (Å²) < 4.78 is 1.99. The zero-order chi connectivity index (χ0) is 14.9. The maximum atomic E-state index is 11.9. The molecule has 1 heterocycles. The maximum Gasteiger partial charge on any atom is 0.314 e. The maximum absolute atomic E-state index is 11.9. The van der Waals surface area contributed by atoms with Crippen molar-refractivity contribution in [3.05, 3.63) is 48.0 Å². The molecule has 0 amide bonds. The van der Waals surface area contributed by atoms with Crippen LogP contribution in [0.5, 0.6) is 0 Å². The van der Waals surface area contributed by atoms with Crippen LogP contribution in [0.15, 0.2) is 36.7 Å². The van der Waals surface area contributed by atoms with Crippen molar-refractivity contribution in [2.75, 3.05) is 0 Å². The molecule has 110 valence electrons. The van der Waals surface area contributed by atoms with Crippen LogP contribution in [0, 0.1) is 6.92 Å². The third-order valence-corrected chi connectivity index (χ3v) is 4.62. The van der Waals surface area contributed by atoms with Crippen molar-refractivity contribution in [2.45, 2.75) is 44.4 Å². The molecule has 0 spiro atoms. The highest BCUT2D eigenvalue weighted by molar-refractivity contribution is 5.81. The van der Waals surface area contributed by atoms with Crippen LogP contribution in [-0.2, 0) is 10.2 Å². The number of imidazole rings is 1. The van der Waals surface area contributed by atoms with Gasteiger partial charge in [0.1, 0.15) is 5.82 Å². The fourth-order valence-electron chi connectivity index (χ4n) is 3.39. The van der Waals surface area contributed by atoms with E-state index in [1.165, 1.54) is 0 Å². The molecule has 1 saturated carbocycles. The molecule has 0 unspecified atom stereocenters. The molecule has 0 atom stereocenters. The number of rotatable bonds is 3. The van der Waals surface area contributed by atoms with Gasteiger partial charge >= 0.3 is 5.97 Å². The van der Waals surface area contributed by atoms with E-state index in [2.05, 4.69) is 4.98 Å². The van der Waals surface area contributed by atoms with Crippen LogP contribution in [0.4, 0.5) is 0 Å². The predicted molar refractivity (Wildman–Crippen MR) is 80.7 cm³/mol. The number of hydrogen-bond acceptors (Lipinski definition) is 2. The average molecular weight is 284 g/mol. The highest BCUT2D eigenvalue weighted by Gasteiger charge is 2.41. The smallest absolute Gasteiger partial charge is 0.314 e. The Labute approximate surface area is 124 Å². The molecule has 0 aliphatic heterocycles. The molecule has 1 aliphatic rings. The van der Waals surface area contributed by atoms with Crippen LogP contribution in [0.3, 0.4) is 0 Å². The second-order valence-electron chi connectivity index (χ2n) is 5.84. The monoisotopic (exact) mass is 284 g/mol. The number of benzene rings is 1. The van der Waals surface area contributed by atoms with E-state index < -0.39 is 11.4 Å². The van der Waals surface area contributed by atoms with Crippen molar-refractivity contribution in [3.8, 4) is 5.69 Å². The quantitative estimate of drug-likeness (QED) is 0.939. The molecule has 3 rings (SSSR count). The number of carboxylic acid groups (broad SMARTS) is 1. The Morgan fingerprint density at radius 3 is 2.67 bits per heavy atom. The summed E-state index contributed by atoms with van der Waals surface area (Å²) in [5, 5.41) is 9.80. The van der Waals surface area contributed by atoms with Crippen molar-refractivity contribution in [3.63, 3.8) is 0 Å². The summed E-state index contributed by atoms with van der Waals surface area (Å²) in [5.74, 6) is 0.210. The summed E-state index contributed by atoms with van der Waals surface area (Å²) in [6.07, 6.45) is 8.23. The molecule has 4 heteroatoms. The van der Waals surface area contributed by atoms with Gasteiger partial charge in [0, 0.05) is 18.1 Å². The topological polar surface area (TPSA) is 55.1 Å². The standard InChI is InChI=1S/C17H20N2O2/c1-13-18-10-11-19(13)15-7-5-6-14(12-15)17(16(20)21)8-3-2-4-9-17/h5-7,10-12H,2-4,8-9H2,1H3,(H,20,21). The molecule has 1 N–H and O–H groups in total. The first-order valence-electron chi connectivity index (χ1n) is 7.48. The highest BCUT2D eigenvalue weighted by atomic mass is 16.4. The van der Waals surface area contributed by atoms with E-state index in [1.807, 2.05) is 42.0 Å². The van der Waals surface area contributed by atoms with E-state index in [-0.39, 0.29) is 0 Å². The van der Waals surface area contributed by atoms with Crippen LogP contribution < -0.4 is 0 Å². The molecule has 0 bridgehead atoms. The lowest BCUT2D eigenvalue weighted by molar-refractivity contribution is -0.145. The minimum absolute atomic E-state index is 0.693. The molecule has 0 radical (unpaired) electrons. The first-order valence-corrected chi connectivity index (χ1v) is 7.48. The molecule has 2 aromatic rings. The van der Waals surface area contributed by atoms with Gasteiger partial charge in [-0.2, -0.15) is 0 Å². The van der Waals surface area contributed by atoms with Gasteiger partial charge in [0.25, 0.3) is 0 Å². The lowest BCUT2D eigenvalue weighted by atomic mass is 9.69. The van der Waals surface area contributed by atoms with Crippen LogP contribution >= 0.6 is 0 Å². The zero-order valence-electron chi connectivity index (χ0n) is 12.2. The molecule has 0 saturated heterocycles. The van der Waals surface area contributed by atoms with E-state index in [4.69, 9.17) is 0 Å². The van der Waals surface area contributed by atoms with Crippen molar-refractivity contribution in [1.29, 1.82) is 0 Å². The van der Waals surface area contributed by atoms with E-state index in [9.17, 15) is 9.90 Å². The van der Waals surface area contributed by atoms with Crippen LogP contribution in [0.2, 0.25) is 0 Å². The summed E-state index contributed by atoms with van der Waals surface area (Å²) >= 11 is 0. The van der Waals surface area contributed by atoms with Gasteiger partial charge in [0.05, 0.1) is 5.41 Å². The fourth-order valence-corrected chi connectivity index (χ4v) is 3.39. The largest absolute Gasteiger partial charge is 0.481 e. The number of nitrogens with zero attached hydrogens (tertiary/aromatic N) is 2. The van der Waals surface area contributed by atoms with Gasteiger partial charge in [-0.25, -0.2) is 4.98 Å². The van der Waals surface area contributed by atoms with Gasteiger partial charge in [-0.3, -0.25) is 4.79 Å². The molecule has 21 heavy (non-hydrogen) atoms. The van der Waals surface area contributed by atoms with E-state index in [1.54, 1.807) is 6.20 Å². The Morgan fingerprint density at radius 1 is 1.29 bits per heavy atom. The summed E-state index contributed by atoms with van der Waals surface area (Å²) in [4.78, 5) is 16.2. The zero-order valence-corrected chi connectivity index (χ0v) is 12.2. The average Bonchev–Trinajstić information content (AvgIpc) is 2.94. The molecule has 1 aliphatic carbocycles. The number of aliphatic carboxylic acids is 1. The second kappa shape index (κ2) is 5.35. The Morgan fingerprint density at radius 2 is 2.05 bits per heavy atom. The minimum atomic E-state index is -0.719. The van der Waals surface area contributed by atoms with Gasteiger partial charge in [0.2, 0.25) is 0 Å². The van der Waals surface area contributed by atoms with Gasteiger partial charge in [-0.1, -0.05) is 31.4 Å². The molecule has 4 nitrogen and oxygen atoms in total. The SMILES string of the molecule is Cc1nccn1-c1cccc(C2(C(=O)O)CCCCC2)c1. The van der Waals surface area contributed by atoms with Crippen LogP contribution in [-0.4, -0.2) is 20.6 Å². The Bertz CT molecular complexity index is 654. The van der Waals surface area contributed by atoms with Crippen molar-refractivity contribution < 1.29 is 9.90 Å². The summed E-state index contributed by atoms with van der Waals surface area (Å²) in [6, 6.07) is 7.91. The van der Waals surface area contributed by atoms with Crippen molar-refractivity contribution >= 4 is 5.97 Å². The third kappa shape index (κ3) is 2.35. The van der Waals surface area contributed by atoms with E-state index >= 15 is 0 Å². The second-order valence-corrected chi connectivity index (χ2v) is 5.84. The number of hydrogen-bond donors (Lipinski definition) is 1. The van der Waals surface area contributed by atoms with Gasteiger partial charge in [-0.15, -0.1) is 0 Å². The Kier molecular flexibility index (Phi) is 3.53. The Hall–Kier alpha value is -2.10. The number of aromatic nitrogens is 2. The van der Waals surface area contributed by atoms with Crippen LogP contribution in [0.25, 0.3) is 5.69 Å². The van der Waals surface area contributed by atoms with E-state index in [0.29, 0.717) is 0 Å². The molecular formula is C17H20N2O2. The van der Waals surface area contributed by atoms with Gasteiger partial charge < -0.3 is 9.67 Å². The number of aryl methyl sites for hydroxylation is 1. The lowest BCUT2D eigenvalue weighted by Gasteiger charge is -2.34. The molecule has 1 aromatic carbocycles. The highest BCUT2D eigenvalue weighted by Crippen LogP contribution is 2.40. The number of carboxylic acids is 1. The molecule has 1 aromatic heterocycles. The number of carbonyl (C=O) groups is 1. The summed E-state index contributed by atoms with van der Waals surface area (Å²) in [7, 11) is 0. The van der Waals surface area contributed by atoms with Crippen molar-refractivity contribution in [1.82, 2.24) is 9.55 Å². The van der Waals surface area contributed by atoms with Crippen LogP contribution in [0.1, 0.15) is 43.5 Å². The van der Waals surface area contributed by atoms with Gasteiger partial charge in [-0.05, 0) is 37.5 Å². The minimum Gasteiger partial charge on any atom is -0.481 e. The summed E-state index contributed by atoms with van der Waals surface area (Å²) in [5.41, 5.74) is 1.18. The van der Waals surface area contributed by atoms with Gasteiger partial charge in [0.15, 0.2) is 0 Å². The first kappa shape index (κ1) is 13.9. The van der Waals surface area contributed by atoms with Crippen molar-refractivity contribution in [2.24, 2.45) is 0 Å². The predicted octanol–water partition coefficient (Wildman–Crippen LogP) is 3.47. The molecule has 1 fully saturated rings. The summed E-state index contributed by atoms with van der Waals surface area (Å²) in [6.45, 7) is 1.94. The fraction of sp³-hybridized carbons (Fsp3) is 0.412. The molecular weight excluding hydrogens is 264 g/mol. The third-order valence-electron chi connectivity index (χ3n) is 4.62. The van der Waals surface area contributed by atoms with E-state index in [0.717, 1.165) is 49.2 Å². The normalized spacial score (nSPS) is 17.6. The Balaban J connectivity index is 2.06. The first-order chi connectivity index (χ1) is 10.1.